The van der Waals surface area contributed by atoms with E-state index < -0.39 is 6.61 Å². The maximum absolute atomic E-state index is 12.6. The van der Waals surface area contributed by atoms with Crippen LogP contribution in [0.4, 0.5) is 8.78 Å². The molecule has 0 bridgehead atoms. The molecule has 10 heteroatoms. The first-order chi connectivity index (χ1) is 14.8. The van der Waals surface area contributed by atoms with Crippen LogP contribution in [0.1, 0.15) is 34.5 Å². The third-order valence-electron chi connectivity index (χ3n) is 4.86. The third-order valence-corrected chi connectivity index (χ3v) is 4.86. The van der Waals surface area contributed by atoms with Crippen LogP contribution >= 0.6 is 0 Å². The van der Waals surface area contributed by atoms with Gasteiger partial charge in [0.1, 0.15) is 11.6 Å². The molecule has 0 saturated carbocycles. The quantitative estimate of drug-likeness (QED) is 0.591. The van der Waals surface area contributed by atoms with Gasteiger partial charge in [0.2, 0.25) is 5.91 Å². The van der Waals surface area contributed by atoms with E-state index in [0.29, 0.717) is 23.2 Å². The molecule has 1 aromatic carbocycles. The minimum atomic E-state index is -2.98. The van der Waals surface area contributed by atoms with Crippen molar-refractivity contribution in [2.75, 3.05) is 7.11 Å². The molecule has 1 N–H and O–H groups in total. The van der Waals surface area contributed by atoms with Crippen LogP contribution in [0.3, 0.4) is 0 Å². The van der Waals surface area contributed by atoms with Gasteiger partial charge in [0.25, 0.3) is 0 Å². The number of nitrogens with zero attached hydrogens (tertiary/aromatic N) is 4. The van der Waals surface area contributed by atoms with Gasteiger partial charge in [-0.3, -0.25) is 4.79 Å². The summed E-state index contributed by atoms with van der Waals surface area (Å²) in [6.45, 7) is 0.874. The zero-order chi connectivity index (χ0) is 22.5. The number of ether oxygens (including phenoxy) is 2. The van der Waals surface area contributed by atoms with E-state index in [1.807, 2.05) is 13.8 Å². The van der Waals surface area contributed by atoms with E-state index >= 15 is 0 Å². The molecule has 3 rings (SSSR count). The highest BCUT2D eigenvalue weighted by atomic mass is 19.3. The Hall–Kier alpha value is -3.74. The zero-order valence-electron chi connectivity index (χ0n) is 17.3. The predicted molar refractivity (Wildman–Crippen MR) is 107 cm³/mol. The molecule has 0 saturated heterocycles. The van der Waals surface area contributed by atoms with Crippen LogP contribution in [-0.4, -0.2) is 34.2 Å². The molecule has 0 aliphatic rings. The molecule has 0 radical (unpaired) electrons. The Morgan fingerprint density at radius 2 is 2.10 bits per heavy atom. The number of aryl methyl sites for hydroxylation is 2. The number of nitriles is 1. The van der Waals surface area contributed by atoms with E-state index in [4.69, 9.17) is 10.00 Å². The largest absolute Gasteiger partial charge is 0.493 e. The lowest BCUT2D eigenvalue weighted by Crippen LogP contribution is -2.23. The van der Waals surface area contributed by atoms with Crippen LogP contribution in [0.25, 0.3) is 5.65 Å². The van der Waals surface area contributed by atoms with Crippen molar-refractivity contribution in [3.05, 3.63) is 52.5 Å². The number of carbonyl (C=O) groups excluding carboxylic acids is 1. The fraction of sp³-hybridized carbons (Fsp3) is 0.333. The lowest BCUT2D eigenvalue weighted by atomic mass is 10.1. The molecule has 2 aromatic heterocycles. The first-order valence-electron chi connectivity index (χ1n) is 9.46. The average Bonchev–Trinajstić information content (AvgIpc) is 3.14. The van der Waals surface area contributed by atoms with Gasteiger partial charge in [-0.1, -0.05) is 6.07 Å². The Morgan fingerprint density at radius 1 is 1.32 bits per heavy atom. The van der Waals surface area contributed by atoms with Crippen LogP contribution < -0.4 is 14.8 Å². The number of aromatic nitrogens is 3. The number of halogens is 2. The van der Waals surface area contributed by atoms with Crippen LogP contribution in [0, 0.1) is 25.2 Å². The molecule has 0 aliphatic heterocycles. The van der Waals surface area contributed by atoms with Gasteiger partial charge in [-0.25, -0.2) is 9.50 Å². The van der Waals surface area contributed by atoms with E-state index in [9.17, 15) is 13.6 Å². The first kappa shape index (κ1) is 22.0. The van der Waals surface area contributed by atoms with Gasteiger partial charge in [0, 0.05) is 24.4 Å². The number of rotatable bonds is 8. The van der Waals surface area contributed by atoms with Crippen LogP contribution in [0.5, 0.6) is 11.5 Å². The molecule has 0 spiro atoms. The molecule has 31 heavy (non-hydrogen) atoms. The average molecular weight is 429 g/mol. The lowest BCUT2D eigenvalue weighted by Gasteiger charge is -2.13. The molecule has 0 fully saturated rings. The standard InChI is InChI=1S/C21H21F2N5O3/c1-12-16(13(2)28-20(27-12)15(9-24)11-26-28)5-7-19(29)25-10-14-4-6-17(30-3)18(8-14)31-21(22)23/h4,6,8,11,21H,5,7,10H2,1-3H3,(H,25,29). The van der Waals surface area contributed by atoms with Gasteiger partial charge < -0.3 is 14.8 Å². The second-order valence-corrected chi connectivity index (χ2v) is 6.81. The molecule has 162 valence electrons. The molecular formula is C21H21F2N5O3. The summed E-state index contributed by atoms with van der Waals surface area (Å²) >= 11 is 0. The summed E-state index contributed by atoms with van der Waals surface area (Å²) in [6.07, 6.45) is 2.11. The van der Waals surface area contributed by atoms with Crippen LogP contribution in [0.2, 0.25) is 0 Å². The van der Waals surface area contributed by atoms with Crippen molar-refractivity contribution in [1.82, 2.24) is 19.9 Å². The number of hydrogen-bond acceptors (Lipinski definition) is 6. The van der Waals surface area contributed by atoms with Gasteiger partial charge in [-0.05, 0) is 43.5 Å². The van der Waals surface area contributed by atoms with Crippen molar-refractivity contribution >= 4 is 11.6 Å². The Bertz CT molecular complexity index is 1150. The Morgan fingerprint density at radius 3 is 2.77 bits per heavy atom. The smallest absolute Gasteiger partial charge is 0.387 e. The van der Waals surface area contributed by atoms with Crippen molar-refractivity contribution in [3.63, 3.8) is 0 Å². The number of amides is 1. The first-order valence-corrected chi connectivity index (χ1v) is 9.46. The Kier molecular flexibility index (Phi) is 6.65. The fourth-order valence-corrected chi connectivity index (χ4v) is 3.30. The van der Waals surface area contributed by atoms with Crippen molar-refractivity contribution in [3.8, 4) is 17.6 Å². The summed E-state index contributed by atoms with van der Waals surface area (Å²) in [5, 5.41) is 16.1. The topological polar surface area (TPSA) is 102 Å². The van der Waals surface area contributed by atoms with Crippen molar-refractivity contribution in [2.45, 2.75) is 39.8 Å². The van der Waals surface area contributed by atoms with E-state index in [1.165, 1.54) is 25.4 Å². The maximum Gasteiger partial charge on any atom is 0.387 e. The molecule has 0 atom stereocenters. The normalized spacial score (nSPS) is 10.9. The number of hydrogen-bond donors (Lipinski definition) is 1. The van der Waals surface area contributed by atoms with Crippen LogP contribution in [-0.2, 0) is 17.8 Å². The van der Waals surface area contributed by atoms with Gasteiger partial charge in [0.05, 0.1) is 13.3 Å². The summed E-state index contributed by atoms with van der Waals surface area (Å²) in [5.41, 5.74) is 3.92. The van der Waals surface area contributed by atoms with E-state index in [2.05, 4.69) is 26.2 Å². The van der Waals surface area contributed by atoms with Gasteiger partial charge in [-0.2, -0.15) is 19.1 Å². The van der Waals surface area contributed by atoms with E-state index in [0.717, 1.165) is 17.0 Å². The second kappa shape index (κ2) is 9.38. The second-order valence-electron chi connectivity index (χ2n) is 6.81. The van der Waals surface area contributed by atoms with Gasteiger partial charge >= 0.3 is 6.61 Å². The summed E-state index contributed by atoms with van der Waals surface area (Å²) in [4.78, 5) is 16.8. The van der Waals surface area contributed by atoms with Crippen LogP contribution in [0.15, 0.2) is 24.4 Å². The monoisotopic (exact) mass is 429 g/mol. The number of fused-ring (bicyclic) bond motifs is 1. The minimum absolute atomic E-state index is 0.0918. The fourth-order valence-electron chi connectivity index (χ4n) is 3.30. The molecule has 8 nitrogen and oxygen atoms in total. The van der Waals surface area contributed by atoms with Crippen molar-refractivity contribution < 1.29 is 23.0 Å². The van der Waals surface area contributed by atoms with E-state index in [-0.39, 0.29) is 30.4 Å². The van der Waals surface area contributed by atoms with Gasteiger partial charge in [0.15, 0.2) is 17.1 Å². The highest BCUT2D eigenvalue weighted by molar-refractivity contribution is 5.76. The number of carbonyl (C=O) groups is 1. The summed E-state index contributed by atoms with van der Waals surface area (Å²) in [7, 11) is 1.36. The summed E-state index contributed by atoms with van der Waals surface area (Å²) in [5.74, 6) is -0.113. The minimum Gasteiger partial charge on any atom is -0.493 e. The maximum atomic E-state index is 12.6. The Labute approximate surface area is 177 Å². The Balaban J connectivity index is 1.64. The number of nitrogens with one attached hydrogen (secondary N) is 1. The SMILES string of the molecule is COc1ccc(CNC(=O)CCc2c(C)nc3c(C#N)cnn3c2C)cc1OC(F)F. The van der Waals surface area contributed by atoms with Gasteiger partial charge in [-0.15, -0.1) is 0 Å². The van der Waals surface area contributed by atoms with Crippen molar-refractivity contribution in [1.29, 1.82) is 5.26 Å². The summed E-state index contributed by atoms with van der Waals surface area (Å²) < 4.78 is 36.2. The molecule has 1 amide bonds. The molecule has 0 aliphatic carbocycles. The third kappa shape index (κ3) is 4.88. The number of methoxy groups -OCH3 is 1. The molecule has 0 unspecified atom stereocenters. The van der Waals surface area contributed by atoms with Crippen molar-refractivity contribution in [2.24, 2.45) is 0 Å². The number of benzene rings is 1. The zero-order valence-corrected chi connectivity index (χ0v) is 17.3. The summed E-state index contributed by atoms with van der Waals surface area (Å²) in [6, 6.07) is 6.63. The highest BCUT2D eigenvalue weighted by Crippen LogP contribution is 2.29. The number of alkyl halides is 2. The predicted octanol–water partition coefficient (Wildman–Crippen LogP) is 3.08. The highest BCUT2D eigenvalue weighted by Gasteiger charge is 2.15. The molecule has 2 heterocycles. The lowest BCUT2D eigenvalue weighted by molar-refractivity contribution is -0.121. The molecule has 3 aromatic rings. The van der Waals surface area contributed by atoms with E-state index in [1.54, 1.807) is 10.6 Å². The molecular weight excluding hydrogens is 408 g/mol.